The van der Waals surface area contributed by atoms with Gasteiger partial charge >= 0.3 is 5.97 Å². The maximum Gasteiger partial charge on any atom is 0.333 e. The summed E-state index contributed by atoms with van der Waals surface area (Å²) in [6.45, 7) is 8.26. The second-order valence-electron chi connectivity index (χ2n) is 5.12. The van der Waals surface area contributed by atoms with E-state index in [-0.39, 0.29) is 18.2 Å². The van der Waals surface area contributed by atoms with Crippen LogP contribution in [0.15, 0.2) is 12.2 Å². The van der Waals surface area contributed by atoms with Gasteiger partial charge in [0.25, 0.3) is 0 Å². The lowest BCUT2D eigenvalue weighted by atomic mass is 9.94. The molecular formula is C15H26O3. The first-order valence-corrected chi connectivity index (χ1v) is 7.13. The van der Waals surface area contributed by atoms with Crippen LogP contribution in [0.4, 0.5) is 0 Å². The van der Waals surface area contributed by atoms with Crippen molar-refractivity contribution in [3.05, 3.63) is 12.2 Å². The Hall–Kier alpha value is -0.830. The molecule has 1 fully saturated rings. The van der Waals surface area contributed by atoms with E-state index in [0.717, 1.165) is 32.3 Å². The molecule has 0 aromatic rings. The lowest BCUT2D eigenvalue weighted by Crippen LogP contribution is -2.36. The van der Waals surface area contributed by atoms with Crippen LogP contribution in [0.25, 0.3) is 0 Å². The second-order valence-corrected chi connectivity index (χ2v) is 5.12. The molecule has 2 atom stereocenters. The van der Waals surface area contributed by atoms with E-state index in [2.05, 4.69) is 13.5 Å². The van der Waals surface area contributed by atoms with Crippen LogP contribution in [0.3, 0.4) is 0 Å². The van der Waals surface area contributed by atoms with Gasteiger partial charge in [0.05, 0.1) is 6.10 Å². The second kappa shape index (κ2) is 8.30. The average molecular weight is 254 g/mol. The Morgan fingerprint density at radius 3 is 2.50 bits per heavy atom. The van der Waals surface area contributed by atoms with Crippen LogP contribution in [-0.2, 0) is 14.3 Å². The van der Waals surface area contributed by atoms with Crippen molar-refractivity contribution in [2.45, 2.75) is 71.0 Å². The molecule has 0 aromatic carbocycles. The fourth-order valence-corrected chi connectivity index (χ4v) is 2.21. The lowest BCUT2D eigenvalue weighted by molar-refractivity contribution is -0.156. The number of unbranched alkanes of at least 4 members (excludes halogenated alkanes) is 2. The van der Waals surface area contributed by atoms with Crippen molar-refractivity contribution in [2.24, 2.45) is 0 Å². The highest BCUT2D eigenvalue weighted by molar-refractivity contribution is 5.87. The molecule has 1 aliphatic carbocycles. The first-order chi connectivity index (χ1) is 8.65. The van der Waals surface area contributed by atoms with E-state index in [4.69, 9.17) is 9.47 Å². The van der Waals surface area contributed by atoms with Crippen molar-refractivity contribution >= 4 is 5.97 Å². The largest absolute Gasteiger partial charge is 0.456 e. The number of hydrogen-bond donors (Lipinski definition) is 0. The van der Waals surface area contributed by atoms with E-state index in [1.165, 1.54) is 19.3 Å². The third-order valence-electron chi connectivity index (χ3n) is 3.33. The zero-order valence-electron chi connectivity index (χ0n) is 11.7. The topological polar surface area (TPSA) is 35.5 Å². The maximum atomic E-state index is 11.6. The van der Waals surface area contributed by atoms with Gasteiger partial charge in [-0.2, -0.15) is 0 Å². The maximum absolute atomic E-state index is 11.6. The molecule has 0 bridgehead atoms. The Balaban J connectivity index is 2.36. The summed E-state index contributed by atoms with van der Waals surface area (Å²) < 4.78 is 11.3. The summed E-state index contributed by atoms with van der Waals surface area (Å²) in [5.74, 6) is -0.288. The predicted octanol–water partition coefficient (Wildman–Crippen LogP) is 3.62. The van der Waals surface area contributed by atoms with Crippen LogP contribution >= 0.6 is 0 Å². The molecule has 0 N–H and O–H groups in total. The van der Waals surface area contributed by atoms with E-state index < -0.39 is 0 Å². The highest BCUT2D eigenvalue weighted by atomic mass is 16.6. The molecule has 3 nitrogen and oxygen atoms in total. The predicted molar refractivity (Wildman–Crippen MR) is 72.4 cm³/mol. The Bertz CT molecular complexity index is 273. The molecule has 0 amide bonds. The van der Waals surface area contributed by atoms with E-state index in [1.807, 2.05) is 0 Å². The number of ether oxygens (including phenoxy) is 2. The number of carbonyl (C=O) groups excluding carboxylic acids is 1. The average Bonchev–Trinajstić information content (AvgIpc) is 2.36. The molecule has 1 rings (SSSR count). The summed E-state index contributed by atoms with van der Waals surface area (Å²) in [5.41, 5.74) is 0.463. The van der Waals surface area contributed by atoms with Gasteiger partial charge in [0.2, 0.25) is 0 Å². The fraction of sp³-hybridized carbons (Fsp3) is 0.800. The molecule has 1 saturated carbocycles. The molecule has 0 radical (unpaired) electrons. The third-order valence-corrected chi connectivity index (χ3v) is 3.33. The van der Waals surface area contributed by atoms with Gasteiger partial charge in [-0.05, 0) is 32.6 Å². The number of carbonyl (C=O) groups is 1. The van der Waals surface area contributed by atoms with E-state index in [1.54, 1.807) is 6.92 Å². The summed E-state index contributed by atoms with van der Waals surface area (Å²) in [4.78, 5) is 11.6. The summed E-state index contributed by atoms with van der Waals surface area (Å²) in [5, 5.41) is 0. The molecular weight excluding hydrogens is 228 g/mol. The molecule has 0 saturated heterocycles. The minimum atomic E-state index is -0.288. The van der Waals surface area contributed by atoms with Gasteiger partial charge in [-0.15, -0.1) is 0 Å². The quantitative estimate of drug-likeness (QED) is 0.395. The first kappa shape index (κ1) is 15.2. The number of hydrogen-bond acceptors (Lipinski definition) is 3. The van der Waals surface area contributed by atoms with Gasteiger partial charge in [-0.3, -0.25) is 0 Å². The van der Waals surface area contributed by atoms with Crippen LogP contribution in [0, 0.1) is 0 Å². The Morgan fingerprint density at radius 2 is 1.89 bits per heavy atom. The molecule has 18 heavy (non-hydrogen) atoms. The molecule has 0 aliphatic heterocycles. The van der Waals surface area contributed by atoms with Gasteiger partial charge in [0, 0.05) is 12.2 Å². The number of rotatable bonds is 7. The van der Waals surface area contributed by atoms with Crippen molar-refractivity contribution in [1.29, 1.82) is 0 Å². The number of esters is 1. The van der Waals surface area contributed by atoms with Crippen molar-refractivity contribution in [3.8, 4) is 0 Å². The fourth-order valence-electron chi connectivity index (χ4n) is 2.21. The highest BCUT2D eigenvalue weighted by Gasteiger charge is 2.29. The van der Waals surface area contributed by atoms with Gasteiger partial charge in [-0.25, -0.2) is 4.79 Å². The van der Waals surface area contributed by atoms with Crippen LogP contribution in [0.1, 0.15) is 58.8 Å². The third kappa shape index (κ3) is 5.21. The Kier molecular flexibility index (Phi) is 7.02. The standard InChI is InChI=1S/C15H26O3/c1-4-5-8-11-17-13-9-6-7-10-14(13)18-15(16)12(2)3/h13-14H,2,4-11H2,1,3H3. The van der Waals surface area contributed by atoms with Gasteiger partial charge in [-0.1, -0.05) is 32.8 Å². The zero-order chi connectivity index (χ0) is 13.4. The smallest absolute Gasteiger partial charge is 0.333 e. The van der Waals surface area contributed by atoms with E-state index in [0.29, 0.717) is 5.57 Å². The van der Waals surface area contributed by atoms with E-state index >= 15 is 0 Å². The molecule has 104 valence electrons. The van der Waals surface area contributed by atoms with Crippen LogP contribution in [0.2, 0.25) is 0 Å². The summed E-state index contributed by atoms with van der Waals surface area (Å²) in [6, 6.07) is 0. The summed E-state index contributed by atoms with van der Waals surface area (Å²) in [6.07, 6.45) is 7.68. The van der Waals surface area contributed by atoms with Crippen molar-refractivity contribution < 1.29 is 14.3 Å². The SMILES string of the molecule is C=C(C)C(=O)OC1CCCCC1OCCCCC. The minimum absolute atomic E-state index is 0.0791. The van der Waals surface area contributed by atoms with Crippen molar-refractivity contribution in [1.82, 2.24) is 0 Å². The monoisotopic (exact) mass is 254 g/mol. The normalized spacial score (nSPS) is 23.7. The van der Waals surface area contributed by atoms with Crippen molar-refractivity contribution in [3.63, 3.8) is 0 Å². The van der Waals surface area contributed by atoms with E-state index in [9.17, 15) is 4.79 Å². The molecule has 0 spiro atoms. The molecule has 1 aliphatic rings. The zero-order valence-corrected chi connectivity index (χ0v) is 11.7. The van der Waals surface area contributed by atoms with Gasteiger partial charge in [0.1, 0.15) is 6.10 Å². The highest BCUT2D eigenvalue weighted by Crippen LogP contribution is 2.24. The molecule has 2 unspecified atom stereocenters. The van der Waals surface area contributed by atoms with Crippen LogP contribution in [-0.4, -0.2) is 24.8 Å². The summed E-state index contributed by atoms with van der Waals surface area (Å²) >= 11 is 0. The van der Waals surface area contributed by atoms with Crippen LogP contribution < -0.4 is 0 Å². The first-order valence-electron chi connectivity index (χ1n) is 7.13. The van der Waals surface area contributed by atoms with Crippen LogP contribution in [0.5, 0.6) is 0 Å². The lowest BCUT2D eigenvalue weighted by Gasteiger charge is -2.31. The van der Waals surface area contributed by atoms with Gasteiger partial charge in [0.15, 0.2) is 0 Å². The summed E-state index contributed by atoms with van der Waals surface area (Å²) in [7, 11) is 0. The molecule has 0 heterocycles. The Morgan fingerprint density at radius 1 is 1.22 bits per heavy atom. The van der Waals surface area contributed by atoms with Gasteiger partial charge < -0.3 is 9.47 Å². The molecule has 0 aromatic heterocycles. The minimum Gasteiger partial charge on any atom is -0.456 e. The van der Waals surface area contributed by atoms with Crippen molar-refractivity contribution in [2.75, 3.05) is 6.61 Å². The Labute approximate surface area is 111 Å². The molecule has 3 heteroatoms.